The van der Waals surface area contributed by atoms with Gasteiger partial charge in [0, 0.05) is 19.4 Å². The fourth-order valence-corrected chi connectivity index (χ4v) is 4.64. The quantitative estimate of drug-likeness (QED) is 0.0396. The smallest absolute Gasteiger partial charge is 0.306 e. The van der Waals surface area contributed by atoms with Gasteiger partial charge in [0.15, 0.2) is 6.10 Å². The monoisotopic (exact) mass is 667 g/mol. The molecule has 1 unspecified atom stereocenters. The molecule has 0 bridgehead atoms. The number of ether oxygens (including phenoxy) is 3. The van der Waals surface area contributed by atoms with Crippen LogP contribution in [0.2, 0.25) is 0 Å². The minimum atomic E-state index is -0.573. The molecule has 0 rings (SSSR count). The van der Waals surface area contributed by atoms with Crippen LogP contribution < -0.4 is 0 Å². The van der Waals surface area contributed by atoms with Crippen LogP contribution >= 0.6 is 0 Å². The van der Waals surface area contributed by atoms with Crippen molar-refractivity contribution in [1.82, 2.24) is 0 Å². The van der Waals surface area contributed by atoms with Crippen molar-refractivity contribution in [2.45, 2.75) is 155 Å². The number of hydrogen-bond acceptors (Lipinski definition) is 5. The van der Waals surface area contributed by atoms with Crippen molar-refractivity contribution in [3.63, 3.8) is 0 Å². The van der Waals surface area contributed by atoms with E-state index in [0.29, 0.717) is 19.4 Å². The van der Waals surface area contributed by atoms with Crippen LogP contribution in [0.4, 0.5) is 0 Å². The second-order valence-electron chi connectivity index (χ2n) is 12.1. The molecule has 1 atom stereocenters. The maximum atomic E-state index is 12.5. The highest BCUT2D eigenvalue weighted by Gasteiger charge is 2.17. The van der Waals surface area contributed by atoms with E-state index in [-0.39, 0.29) is 25.2 Å². The van der Waals surface area contributed by atoms with E-state index < -0.39 is 6.10 Å². The number of carbonyl (C=O) groups excluding carboxylic acids is 2. The highest BCUT2D eigenvalue weighted by Crippen LogP contribution is 2.09. The van der Waals surface area contributed by atoms with Gasteiger partial charge in [0.05, 0.1) is 6.61 Å². The Morgan fingerprint density at radius 3 is 1.48 bits per heavy atom. The fourth-order valence-electron chi connectivity index (χ4n) is 4.64. The Kier molecular flexibility index (Phi) is 36.2. The van der Waals surface area contributed by atoms with Gasteiger partial charge >= 0.3 is 11.9 Å². The zero-order valence-corrected chi connectivity index (χ0v) is 31.0. The summed E-state index contributed by atoms with van der Waals surface area (Å²) in [6.07, 6.45) is 49.0. The molecule has 0 N–H and O–H groups in total. The molecule has 0 saturated heterocycles. The van der Waals surface area contributed by atoms with Crippen molar-refractivity contribution in [3.05, 3.63) is 85.1 Å². The van der Waals surface area contributed by atoms with Gasteiger partial charge in [-0.3, -0.25) is 9.59 Å². The Balaban J connectivity index is 4.29. The van der Waals surface area contributed by atoms with E-state index in [4.69, 9.17) is 14.2 Å². The first-order valence-electron chi connectivity index (χ1n) is 19.1. The summed E-state index contributed by atoms with van der Waals surface area (Å²) >= 11 is 0. The van der Waals surface area contributed by atoms with Crippen molar-refractivity contribution in [3.8, 4) is 0 Å². The van der Waals surface area contributed by atoms with Gasteiger partial charge in [-0.05, 0) is 83.5 Å². The van der Waals surface area contributed by atoms with E-state index in [1.54, 1.807) is 0 Å². The summed E-state index contributed by atoms with van der Waals surface area (Å²) in [5.41, 5.74) is 0. The maximum Gasteiger partial charge on any atom is 0.306 e. The average Bonchev–Trinajstić information content (AvgIpc) is 3.08. The lowest BCUT2D eigenvalue weighted by molar-refractivity contribution is -0.163. The van der Waals surface area contributed by atoms with Crippen LogP contribution in [-0.4, -0.2) is 37.9 Å². The summed E-state index contributed by atoms with van der Waals surface area (Å²) < 4.78 is 17.0. The summed E-state index contributed by atoms with van der Waals surface area (Å²) in [4.78, 5) is 24.8. The maximum absolute atomic E-state index is 12.5. The number of carbonyl (C=O) groups is 2. The number of esters is 2. The van der Waals surface area contributed by atoms with Crippen LogP contribution in [0.3, 0.4) is 0 Å². The zero-order valence-electron chi connectivity index (χ0n) is 31.0. The van der Waals surface area contributed by atoms with Crippen LogP contribution in [0.1, 0.15) is 149 Å². The zero-order chi connectivity index (χ0) is 35.0. The summed E-state index contributed by atoms with van der Waals surface area (Å²) in [5.74, 6) is -0.486. The van der Waals surface area contributed by atoms with Crippen molar-refractivity contribution in [2.24, 2.45) is 0 Å². The van der Waals surface area contributed by atoms with Gasteiger partial charge in [-0.2, -0.15) is 0 Å². The third-order valence-electron chi connectivity index (χ3n) is 7.43. The lowest BCUT2D eigenvalue weighted by Gasteiger charge is -2.18. The molecule has 0 aliphatic rings. The molecule has 0 aliphatic heterocycles. The third kappa shape index (κ3) is 35.9. The molecule has 272 valence electrons. The Hall–Kier alpha value is -2.92. The van der Waals surface area contributed by atoms with E-state index in [1.165, 1.54) is 12.8 Å². The average molecular weight is 667 g/mol. The summed E-state index contributed by atoms with van der Waals surface area (Å²) in [7, 11) is 0. The van der Waals surface area contributed by atoms with E-state index in [2.05, 4.69) is 106 Å². The molecule has 0 radical (unpaired) electrons. The second-order valence-corrected chi connectivity index (χ2v) is 12.1. The number of hydrogen-bond donors (Lipinski definition) is 0. The van der Waals surface area contributed by atoms with Crippen molar-refractivity contribution < 1.29 is 23.8 Å². The Morgan fingerprint density at radius 1 is 0.479 bits per heavy atom. The van der Waals surface area contributed by atoms with E-state index in [0.717, 1.165) is 103 Å². The molecule has 0 aromatic rings. The summed E-state index contributed by atoms with van der Waals surface area (Å²) in [6.45, 7) is 7.32. The predicted octanol–water partition coefficient (Wildman–Crippen LogP) is 12.2. The first kappa shape index (κ1) is 45.1. The second kappa shape index (κ2) is 38.5. The number of unbranched alkanes of at least 4 members (excludes halogenated alkanes) is 8. The first-order chi connectivity index (χ1) is 23.6. The summed E-state index contributed by atoms with van der Waals surface area (Å²) in [5, 5.41) is 0. The SMILES string of the molecule is CC/C=C\C/C=C\C/C=C\C/C=C\CCCOCC(COC(=O)CCCCC/C=C\C/C=C\C/C=C\CC)OC(=O)CCCCCCC. The molecule has 5 nitrogen and oxygen atoms in total. The minimum Gasteiger partial charge on any atom is -0.462 e. The molecule has 5 heteroatoms. The topological polar surface area (TPSA) is 61.8 Å². The highest BCUT2D eigenvalue weighted by atomic mass is 16.6. The molecule has 48 heavy (non-hydrogen) atoms. The molecule has 0 fully saturated rings. The van der Waals surface area contributed by atoms with Gasteiger partial charge < -0.3 is 14.2 Å². The van der Waals surface area contributed by atoms with E-state index in [1.807, 2.05) is 0 Å². The Morgan fingerprint density at radius 2 is 0.938 bits per heavy atom. The summed E-state index contributed by atoms with van der Waals surface area (Å²) in [6, 6.07) is 0. The van der Waals surface area contributed by atoms with Crippen LogP contribution in [0.25, 0.3) is 0 Å². The normalized spacial score (nSPS) is 13.1. The lowest BCUT2D eigenvalue weighted by Crippen LogP contribution is -2.30. The minimum absolute atomic E-state index is 0.0434. The molecular formula is C43H70O5. The number of allylic oxidation sites excluding steroid dienone is 14. The van der Waals surface area contributed by atoms with Crippen LogP contribution in [-0.2, 0) is 23.8 Å². The molecule has 0 saturated carbocycles. The van der Waals surface area contributed by atoms with Gasteiger partial charge in [-0.15, -0.1) is 0 Å². The largest absolute Gasteiger partial charge is 0.462 e. The van der Waals surface area contributed by atoms with Gasteiger partial charge in [0.25, 0.3) is 0 Å². The Bertz CT molecular complexity index is 937. The predicted molar refractivity (Wildman–Crippen MR) is 205 cm³/mol. The lowest BCUT2D eigenvalue weighted by atomic mass is 10.1. The van der Waals surface area contributed by atoms with Gasteiger partial charge in [-0.1, -0.05) is 138 Å². The van der Waals surface area contributed by atoms with Crippen LogP contribution in [0, 0.1) is 0 Å². The Labute approximate surface area is 295 Å². The standard InChI is InChI=1S/C43H70O5/c1-4-7-10-13-15-17-19-21-23-25-27-29-32-35-38-46-39-41(48-43(45)37-34-30-12-9-6-3)40-47-42(44)36-33-31-28-26-24-22-20-18-16-14-11-8-5-2/h7-8,10-11,15-18,21-24,27,29,41H,4-6,9,12-14,19-20,25-26,28,30-40H2,1-3H3/b10-7-,11-8-,17-15-,18-16-,23-21-,24-22-,29-27-. The van der Waals surface area contributed by atoms with Gasteiger partial charge in [0.2, 0.25) is 0 Å². The van der Waals surface area contributed by atoms with E-state index >= 15 is 0 Å². The van der Waals surface area contributed by atoms with Crippen molar-refractivity contribution in [2.75, 3.05) is 19.8 Å². The van der Waals surface area contributed by atoms with Crippen LogP contribution in [0.5, 0.6) is 0 Å². The molecule has 0 amide bonds. The molecule has 0 spiro atoms. The number of rotatable bonds is 33. The first-order valence-corrected chi connectivity index (χ1v) is 19.1. The van der Waals surface area contributed by atoms with Crippen molar-refractivity contribution >= 4 is 11.9 Å². The molecule has 0 aliphatic carbocycles. The van der Waals surface area contributed by atoms with Gasteiger partial charge in [0.1, 0.15) is 6.61 Å². The molecule has 0 heterocycles. The van der Waals surface area contributed by atoms with Gasteiger partial charge in [-0.25, -0.2) is 0 Å². The van der Waals surface area contributed by atoms with Crippen LogP contribution in [0.15, 0.2) is 85.1 Å². The molecular weight excluding hydrogens is 596 g/mol. The highest BCUT2D eigenvalue weighted by molar-refractivity contribution is 5.70. The third-order valence-corrected chi connectivity index (χ3v) is 7.43. The van der Waals surface area contributed by atoms with Crippen molar-refractivity contribution in [1.29, 1.82) is 0 Å². The fraction of sp³-hybridized carbons (Fsp3) is 0.628. The van der Waals surface area contributed by atoms with E-state index in [9.17, 15) is 9.59 Å². The molecule has 0 aromatic heterocycles. The molecule has 0 aromatic carbocycles.